The zero-order valence-electron chi connectivity index (χ0n) is 16.0. The number of halogens is 2. The third kappa shape index (κ3) is 8.41. The van der Waals surface area contributed by atoms with E-state index in [0.29, 0.717) is 6.54 Å². The van der Waals surface area contributed by atoms with E-state index in [0.717, 1.165) is 29.5 Å². The summed E-state index contributed by atoms with van der Waals surface area (Å²) in [7, 11) is 1.80. The van der Waals surface area contributed by atoms with Crippen molar-refractivity contribution in [2.75, 3.05) is 52.9 Å². The molecule has 1 saturated heterocycles. The highest BCUT2D eigenvalue weighted by molar-refractivity contribution is 14.0. The number of hydrogen-bond donors (Lipinski definition) is 2. The molecule has 0 spiro atoms. The smallest absolute Gasteiger partial charge is 0.191 e. The number of nitrogens with zero attached hydrogens (tertiary/aromatic N) is 3. The Hall–Kier alpha value is -0.570. The number of guanidine groups is 1. The lowest BCUT2D eigenvalue weighted by Crippen LogP contribution is -2.46. The van der Waals surface area contributed by atoms with Crippen LogP contribution in [0.1, 0.15) is 25.3 Å². The summed E-state index contributed by atoms with van der Waals surface area (Å²) < 4.78 is 0. The van der Waals surface area contributed by atoms with Gasteiger partial charge in [-0.1, -0.05) is 36.7 Å². The van der Waals surface area contributed by atoms with Gasteiger partial charge in [0.05, 0.1) is 0 Å². The van der Waals surface area contributed by atoms with Gasteiger partial charge in [0.15, 0.2) is 5.96 Å². The van der Waals surface area contributed by atoms with E-state index in [2.05, 4.69) is 32.3 Å². The normalized spacial score (nSPS) is 16.2. The molecule has 2 N–H and O–H groups in total. The fourth-order valence-electron chi connectivity index (χ4n) is 3.04. The third-order valence-corrected chi connectivity index (χ3v) is 5.10. The van der Waals surface area contributed by atoms with Crippen LogP contribution in [0, 0.1) is 0 Å². The summed E-state index contributed by atoms with van der Waals surface area (Å²) >= 11 is 6.18. The molecule has 26 heavy (non-hydrogen) atoms. The number of hydrogen-bond acceptors (Lipinski definition) is 3. The second-order valence-electron chi connectivity index (χ2n) is 6.43. The molecule has 0 unspecified atom stereocenters. The summed E-state index contributed by atoms with van der Waals surface area (Å²) in [5.41, 5.74) is 1.08. The molecule has 0 bridgehead atoms. The summed E-state index contributed by atoms with van der Waals surface area (Å²) in [6.45, 7) is 11.1. The number of rotatable bonds is 8. The van der Waals surface area contributed by atoms with Crippen LogP contribution in [0.2, 0.25) is 5.02 Å². The standard InChI is InChI=1S/C19H32ClN5.HI/c1-3-24-12-14-25(15-13-24)11-7-6-10-22-19(21-2)23-16-17-8-4-5-9-18(17)20;/h4-5,8-9H,3,6-7,10-16H2,1-2H3,(H2,21,22,23);1H. The Morgan fingerprint density at radius 1 is 1.08 bits per heavy atom. The van der Waals surface area contributed by atoms with Crippen LogP contribution in [-0.2, 0) is 6.54 Å². The molecule has 0 radical (unpaired) electrons. The summed E-state index contributed by atoms with van der Waals surface area (Å²) in [5, 5.41) is 7.48. The predicted octanol–water partition coefficient (Wildman–Crippen LogP) is 3.04. The fraction of sp³-hybridized carbons (Fsp3) is 0.632. The molecular formula is C19H33ClIN5. The molecule has 1 fully saturated rings. The van der Waals surface area contributed by atoms with Crippen molar-refractivity contribution in [3.63, 3.8) is 0 Å². The van der Waals surface area contributed by atoms with Gasteiger partial charge in [-0.15, -0.1) is 24.0 Å². The first-order valence-corrected chi connectivity index (χ1v) is 9.73. The van der Waals surface area contributed by atoms with Crippen molar-refractivity contribution in [3.8, 4) is 0 Å². The van der Waals surface area contributed by atoms with Gasteiger partial charge in [0.2, 0.25) is 0 Å². The minimum absolute atomic E-state index is 0. The number of piperazine rings is 1. The molecule has 0 atom stereocenters. The van der Waals surface area contributed by atoms with E-state index in [4.69, 9.17) is 11.6 Å². The van der Waals surface area contributed by atoms with Gasteiger partial charge in [-0.05, 0) is 37.6 Å². The van der Waals surface area contributed by atoms with E-state index in [-0.39, 0.29) is 24.0 Å². The van der Waals surface area contributed by atoms with Crippen molar-refractivity contribution in [2.45, 2.75) is 26.3 Å². The summed E-state index contributed by atoms with van der Waals surface area (Å²) in [6.07, 6.45) is 2.38. The second kappa shape index (κ2) is 13.6. The lowest BCUT2D eigenvalue weighted by Gasteiger charge is -2.34. The first kappa shape index (κ1) is 23.5. The van der Waals surface area contributed by atoms with Crippen LogP contribution >= 0.6 is 35.6 Å². The van der Waals surface area contributed by atoms with Gasteiger partial charge in [-0.25, -0.2) is 0 Å². The Bertz CT molecular complexity index is 532. The number of likely N-dealkylation sites (N-methyl/N-ethyl adjacent to an activating group) is 1. The fourth-order valence-corrected chi connectivity index (χ4v) is 3.24. The van der Waals surface area contributed by atoms with Gasteiger partial charge in [0.25, 0.3) is 0 Å². The molecule has 148 valence electrons. The molecule has 2 rings (SSSR count). The van der Waals surface area contributed by atoms with Crippen molar-refractivity contribution in [1.29, 1.82) is 0 Å². The molecule has 1 aromatic rings. The minimum Gasteiger partial charge on any atom is -0.356 e. The SMILES string of the molecule is CCN1CCN(CCCCNC(=NC)NCc2ccccc2Cl)CC1.I. The molecule has 7 heteroatoms. The van der Waals surface area contributed by atoms with Crippen molar-refractivity contribution in [1.82, 2.24) is 20.4 Å². The molecule has 0 amide bonds. The molecule has 0 aliphatic carbocycles. The average molecular weight is 494 g/mol. The van der Waals surface area contributed by atoms with Gasteiger partial charge in [-0.3, -0.25) is 4.99 Å². The van der Waals surface area contributed by atoms with Crippen LogP contribution in [0.15, 0.2) is 29.3 Å². The van der Waals surface area contributed by atoms with Crippen molar-refractivity contribution in [3.05, 3.63) is 34.9 Å². The van der Waals surface area contributed by atoms with Crippen LogP contribution < -0.4 is 10.6 Å². The van der Waals surface area contributed by atoms with Gasteiger partial charge >= 0.3 is 0 Å². The largest absolute Gasteiger partial charge is 0.356 e. The third-order valence-electron chi connectivity index (χ3n) is 4.73. The van der Waals surface area contributed by atoms with Gasteiger partial charge in [0.1, 0.15) is 0 Å². The number of benzene rings is 1. The van der Waals surface area contributed by atoms with E-state index in [9.17, 15) is 0 Å². The summed E-state index contributed by atoms with van der Waals surface area (Å²) in [5.74, 6) is 0.830. The molecule has 1 aromatic carbocycles. The molecule has 1 aliphatic heterocycles. The zero-order valence-corrected chi connectivity index (χ0v) is 19.1. The van der Waals surface area contributed by atoms with Crippen LogP contribution in [-0.4, -0.2) is 68.6 Å². The highest BCUT2D eigenvalue weighted by Gasteiger charge is 2.14. The number of aliphatic imine (C=N–C) groups is 1. The van der Waals surface area contributed by atoms with Crippen LogP contribution in [0.5, 0.6) is 0 Å². The second-order valence-corrected chi connectivity index (χ2v) is 6.83. The lowest BCUT2D eigenvalue weighted by molar-refractivity contribution is 0.136. The number of nitrogens with one attached hydrogen (secondary N) is 2. The topological polar surface area (TPSA) is 42.9 Å². The molecule has 5 nitrogen and oxygen atoms in total. The van der Waals surface area contributed by atoms with E-state index in [1.165, 1.54) is 45.7 Å². The van der Waals surface area contributed by atoms with E-state index >= 15 is 0 Å². The van der Waals surface area contributed by atoms with Crippen molar-refractivity contribution >= 4 is 41.5 Å². The van der Waals surface area contributed by atoms with E-state index < -0.39 is 0 Å². The molecule has 1 heterocycles. The lowest BCUT2D eigenvalue weighted by atomic mass is 10.2. The van der Waals surface area contributed by atoms with Crippen LogP contribution in [0.25, 0.3) is 0 Å². The Morgan fingerprint density at radius 2 is 1.77 bits per heavy atom. The molecular weight excluding hydrogens is 461 g/mol. The quantitative estimate of drug-likeness (QED) is 0.253. The number of unbranched alkanes of at least 4 members (excludes halogenated alkanes) is 1. The first-order chi connectivity index (χ1) is 12.2. The monoisotopic (exact) mass is 493 g/mol. The van der Waals surface area contributed by atoms with Crippen LogP contribution in [0.4, 0.5) is 0 Å². The average Bonchev–Trinajstić information content (AvgIpc) is 2.65. The Labute approximate surface area is 180 Å². The summed E-state index contributed by atoms with van der Waals surface area (Å²) in [6, 6.07) is 7.89. The Balaban J connectivity index is 0.00000338. The van der Waals surface area contributed by atoms with Crippen LogP contribution in [0.3, 0.4) is 0 Å². The molecule has 0 saturated carbocycles. The maximum atomic E-state index is 6.18. The van der Waals surface area contributed by atoms with Gasteiger partial charge in [0, 0.05) is 51.3 Å². The van der Waals surface area contributed by atoms with E-state index in [1.807, 2.05) is 24.3 Å². The Morgan fingerprint density at radius 3 is 2.42 bits per heavy atom. The van der Waals surface area contributed by atoms with Crippen molar-refractivity contribution in [2.24, 2.45) is 4.99 Å². The maximum Gasteiger partial charge on any atom is 0.191 e. The molecule has 1 aliphatic rings. The Kier molecular flexibility index (Phi) is 12.3. The minimum atomic E-state index is 0. The predicted molar refractivity (Wildman–Crippen MR) is 123 cm³/mol. The first-order valence-electron chi connectivity index (χ1n) is 9.35. The highest BCUT2D eigenvalue weighted by Crippen LogP contribution is 2.14. The van der Waals surface area contributed by atoms with E-state index in [1.54, 1.807) is 7.05 Å². The zero-order chi connectivity index (χ0) is 17.9. The van der Waals surface area contributed by atoms with Gasteiger partial charge in [-0.2, -0.15) is 0 Å². The van der Waals surface area contributed by atoms with Crippen molar-refractivity contribution < 1.29 is 0 Å². The van der Waals surface area contributed by atoms with Gasteiger partial charge < -0.3 is 20.4 Å². The summed E-state index contributed by atoms with van der Waals surface area (Å²) in [4.78, 5) is 9.37. The maximum absolute atomic E-state index is 6.18. The molecule has 0 aromatic heterocycles. The highest BCUT2D eigenvalue weighted by atomic mass is 127.